The molecule has 0 amide bonds. The van der Waals surface area contributed by atoms with E-state index in [0.717, 1.165) is 50.4 Å². The molecule has 0 radical (unpaired) electrons. The van der Waals surface area contributed by atoms with E-state index < -0.39 is 0 Å². The van der Waals surface area contributed by atoms with E-state index in [9.17, 15) is 0 Å². The van der Waals surface area contributed by atoms with Crippen molar-refractivity contribution in [3.63, 3.8) is 0 Å². The van der Waals surface area contributed by atoms with Gasteiger partial charge in [-0.3, -0.25) is 0 Å². The molecular formula is C53H48N6OPt-2. The molecule has 0 N–H and O–H groups in total. The van der Waals surface area contributed by atoms with Crippen LogP contribution in [-0.4, -0.2) is 24.3 Å². The van der Waals surface area contributed by atoms with Gasteiger partial charge in [0.15, 0.2) is 0 Å². The van der Waals surface area contributed by atoms with Crippen LogP contribution in [0.4, 0.5) is 0 Å². The first-order valence-electron chi connectivity index (χ1n) is 20.4. The Bertz CT molecular complexity index is 3020. The molecule has 0 bridgehead atoms. The van der Waals surface area contributed by atoms with Crippen molar-refractivity contribution in [2.75, 3.05) is 0 Å². The average molecular weight is 980 g/mol. The second-order valence-electron chi connectivity index (χ2n) is 17.8. The second kappa shape index (κ2) is 16.0. The number of hydrogen-bond acceptors (Lipinski definition) is 4. The smallest absolute Gasteiger partial charge is 0.231 e. The van der Waals surface area contributed by atoms with Gasteiger partial charge in [0.25, 0.3) is 0 Å². The molecule has 0 aliphatic rings. The summed E-state index contributed by atoms with van der Waals surface area (Å²) in [6.07, 6.45) is 7.25. The Hall–Kier alpha value is -6.17. The molecule has 61 heavy (non-hydrogen) atoms. The second-order valence-corrected chi connectivity index (χ2v) is 17.8. The van der Waals surface area contributed by atoms with Gasteiger partial charge in [-0.05, 0) is 99.4 Å². The van der Waals surface area contributed by atoms with Crippen LogP contribution >= 0.6 is 0 Å². The van der Waals surface area contributed by atoms with Crippen molar-refractivity contribution >= 4 is 21.9 Å². The van der Waals surface area contributed by atoms with Crippen LogP contribution in [0.2, 0.25) is 0 Å². The van der Waals surface area contributed by atoms with Crippen molar-refractivity contribution in [2.24, 2.45) is 0 Å². The molecule has 0 aliphatic heterocycles. The van der Waals surface area contributed by atoms with Crippen LogP contribution in [-0.2, 0) is 31.9 Å². The van der Waals surface area contributed by atoms with Gasteiger partial charge in [-0.2, -0.15) is 22.9 Å². The van der Waals surface area contributed by atoms with Gasteiger partial charge >= 0.3 is 0 Å². The molecule has 0 saturated heterocycles. The summed E-state index contributed by atoms with van der Waals surface area (Å²) in [6.45, 7) is 20.0. The van der Waals surface area contributed by atoms with Crippen LogP contribution < -0.4 is 9.30 Å². The number of fused-ring (bicyclic) bond motifs is 3. The van der Waals surface area contributed by atoms with Crippen molar-refractivity contribution in [3.8, 4) is 51.2 Å². The maximum absolute atomic E-state index is 6.56. The van der Waals surface area contributed by atoms with Gasteiger partial charge in [0.05, 0.1) is 0 Å². The molecule has 4 aromatic heterocycles. The molecule has 9 rings (SSSR count). The van der Waals surface area contributed by atoms with Crippen LogP contribution in [0.15, 0.2) is 128 Å². The molecular weight excluding hydrogens is 932 g/mol. The van der Waals surface area contributed by atoms with E-state index in [1.807, 2.05) is 60.9 Å². The normalized spacial score (nSPS) is 11.9. The fourth-order valence-corrected chi connectivity index (χ4v) is 8.07. The molecule has 0 aliphatic carbocycles. The van der Waals surface area contributed by atoms with Crippen molar-refractivity contribution in [2.45, 2.75) is 73.1 Å². The maximum atomic E-state index is 6.56. The molecule has 5 aromatic carbocycles. The third-order valence-corrected chi connectivity index (χ3v) is 11.1. The van der Waals surface area contributed by atoms with E-state index in [4.69, 9.17) is 19.8 Å². The third kappa shape index (κ3) is 8.07. The van der Waals surface area contributed by atoms with E-state index in [1.54, 1.807) is 4.68 Å². The standard InChI is InChI=1S/C53H48N6O.Pt/c1-34-25-35(2)49(36(3)26-34)38-22-24-54-48(27-38)59-47-32-44(20-21-45(47)46-19-14-23-55-51(46)59)60-43-18-13-17-41(31-43)58-33-57(50(56-58)37-15-11-10-12-16-37)42-29-39(52(4,5)6)28-40(30-42)53(7,8)9;/h10-30H,1-9H3;/q-2;. The maximum Gasteiger partial charge on any atom is 0.231 e. The summed E-state index contributed by atoms with van der Waals surface area (Å²) in [4.78, 5) is 9.70. The first-order valence-corrected chi connectivity index (χ1v) is 20.4. The van der Waals surface area contributed by atoms with Crippen molar-refractivity contribution < 1.29 is 30.4 Å². The molecule has 9 aromatic rings. The minimum absolute atomic E-state index is 0. The van der Waals surface area contributed by atoms with Gasteiger partial charge in [-0.1, -0.05) is 119 Å². The predicted molar refractivity (Wildman–Crippen MR) is 241 cm³/mol. The molecule has 0 atom stereocenters. The first kappa shape index (κ1) is 41.6. The number of hydrogen-bond donors (Lipinski definition) is 0. The molecule has 0 saturated carbocycles. The number of pyridine rings is 2. The zero-order valence-corrected chi connectivity index (χ0v) is 38.3. The molecule has 0 spiro atoms. The third-order valence-electron chi connectivity index (χ3n) is 11.1. The zero-order chi connectivity index (χ0) is 41.9. The Morgan fingerprint density at radius 2 is 1.33 bits per heavy atom. The number of ether oxygens (including phenoxy) is 1. The van der Waals surface area contributed by atoms with Crippen LogP contribution in [0, 0.1) is 39.2 Å². The van der Waals surface area contributed by atoms with E-state index in [1.165, 1.54) is 33.4 Å². The van der Waals surface area contributed by atoms with Crippen LogP contribution in [0.5, 0.6) is 11.5 Å². The van der Waals surface area contributed by atoms with E-state index in [-0.39, 0.29) is 31.9 Å². The van der Waals surface area contributed by atoms with Crippen molar-refractivity contribution in [3.05, 3.63) is 174 Å². The largest absolute Gasteiger partial charge is 0.510 e. The van der Waals surface area contributed by atoms with Gasteiger partial charge < -0.3 is 13.9 Å². The monoisotopic (exact) mass is 979 g/mol. The molecule has 8 heteroatoms. The molecule has 7 nitrogen and oxygen atoms in total. The summed E-state index contributed by atoms with van der Waals surface area (Å²) < 4.78 is 12.4. The predicted octanol–water partition coefficient (Wildman–Crippen LogP) is 12.1. The Morgan fingerprint density at radius 1 is 0.623 bits per heavy atom. The van der Waals surface area contributed by atoms with E-state index in [2.05, 4.69) is 157 Å². The van der Waals surface area contributed by atoms with Crippen LogP contribution in [0.25, 0.3) is 61.6 Å². The summed E-state index contributed by atoms with van der Waals surface area (Å²) in [6, 6.07) is 46.7. The Kier molecular flexibility index (Phi) is 10.9. The minimum atomic E-state index is -0.0515. The van der Waals surface area contributed by atoms with Gasteiger partial charge in [-0.25, -0.2) is 9.97 Å². The number of aromatic nitrogens is 6. The topological polar surface area (TPSA) is 61.6 Å². The quantitative estimate of drug-likeness (QED) is 0.118. The van der Waals surface area contributed by atoms with E-state index >= 15 is 0 Å². The van der Waals surface area contributed by atoms with Crippen LogP contribution in [0.3, 0.4) is 0 Å². The number of nitrogens with zero attached hydrogens (tertiary/aromatic N) is 6. The van der Waals surface area contributed by atoms with Crippen molar-refractivity contribution in [1.29, 1.82) is 0 Å². The van der Waals surface area contributed by atoms with Crippen molar-refractivity contribution in [1.82, 2.24) is 24.3 Å². The summed E-state index contributed by atoms with van der Waals surface area (Å²) >= 11 is 0. The van der Waals surface area contributed by atoms with Gasteiger partial charge in [0.2, 0.25) is 12.2 Å². The SMILES string of the molecule is Cc1cc(C)c(-c2ccnc(-n3c4[c-]c(Oc5[c-]c(-n6[c-][n+](-c7cc(C(C)(C)C)cc(C(C)(C)C)c7)c(-c7ccccc7)n6)ccc5)ccc4c4cccnc43)c2)c(C)c1.[Pt]. The van der Waals surface area contributed by atoms with Crippen LogP contribution in [0.1, 0.15) is 69.4 Å². The average Bonchev–Trinajstić information content (AvgIpc) is 3.81. The Labute approximate surface area is 373 Å². The molecule has 0 unspecified atom stereocenters. The molecule has 4 heterocycles. The van der Waals surface area contributed by atoms with Gasteiger partial charge in [0.1, 0.15) is 11.5 Å². The fourth-order valence-electron chi connectivity index (χ4n) is 8.07. The summed E-state index contributed by atoms with van der Waals surface area (Å²) in [7, 11) is 0. The molecule has 308 valence electrons. The summed E-state index contributed by atoms with van der Waals surface area (Å²) in [5.74, 6) is 2.59. The molecule has 0 fully saturated rings. The van der Waals surface area contributed by atoms with Gasteiger partial charge in [0, 0.05) is 56.2 Å². The Balaban J connectivity index is 0.00000514. The Morgan fingerprint density at radius 3 is 2.03 bits per heavy atom. The summed E-state index contributed by atoms with van der Waals surface area (Å²) in [5.41, 5.74) is 12.7. The van der Waals surface area contributed by atoms with Gasteiger partial charge in [-0.15, -0.1) is 29.7 Å². The number of aryl methyl sites for hydroxylation is 3. The fraction of sp³-hybridized carbons (Fsp3) is 0.208. The summed E-state index contributed by atoms with van der Waals surface area (Å²) in [5, 5.41) is 7.14. The first-order chi connectivity index (χ1) is 28.7. The van der Waals surface area contributed by atoms with E-state index in [0.29, 0.717) is 17.2 Å². The zero-order valence-electron chi connectivity index (χ0n) is 36.0. The number of rotatable bonds is 7. The number of benzene rings is 5. The minimum Gasteiger partial charge on any atom is -0.510 e.